The molecule has 3 atom stereocenters. The molecular formula is C19H39IN4O2S. The van der Waals surface area contributed by atoms with Crippen molar-refractivity contribution in [1.82, 2.24) is 15.5 Å². The number of likely N-dealkylation sites (tertiary alicyclic amines) is 1. The molecule has 1 heterocycles. The van der Waals surface area contributed by atoms with E-state index in [1.807, 2.05) is 6.92 Å². The number of rotatable bonds is 8. The number of piperidine rings is 1. The molecule has 0 radical (unpaired) electrons. The Bertz CT molecular complexity index is 459. The van der Waals surface area contributed by atoms with E-state index in [4.69, 9.17) is 4.99 Å². The van der Waals surface area contributed by atoms with Crippen molar-refractivity contribution >= 4 is 40.7 Å². The molecule has 0 bridgehead atoms. The summed E-state index contributed by atoms with van der Waals surface area (Å²) in [5, 5.41) is 16.8. The van der Waals surface area contributed by atoms with Gasteiger partial charge in [-0.3, -0.25) is 9.20 Å². The van der Waals surface area contributed by atoms with E-state index < -0.39 is 10.8 Å². The van der Waals surface area contributed by atoms with Gasteiger partial charge in [0.05, 0.1) is 6.10 Å². The van der Waals surface area contributed by atoms with E-state index in [2.05, 4.69) is 22.5 Å². The largest absolute Gasteiger partial charge is 0.393 e. The number of aliphatic hydroxyl groups is 1. The molecule has 2 fully saturated rings. The fourth-order valence-electron chi connectivity index (χ4n) is 3.89. The molecule has 27 heavy (non-hydrogen) atoms. The molecule has 1 saturated heterocycles. The minimum atomic E-state index is -0.689. The fourth-order valence-corrected chi connectivity index (χ4v) is 5.24. The van der Waals surface area contributed by atoms with Crippen LogP contribution in [0, 0.1) is 0 Å². The normalized spacial score (nSPS) is 26.3. The second-order valence-electron chi connectivity index (χ2n) is 7.49. The number of hydrogen-bond acceptors (Lipinski definition) is 4. The van der Waals surface area contributed by atoms with Crippen molar-refractivity contribution in [3.8, 4) is 0 Å². The summed E-state index contributed by atoms with van der Waals surface area (Å²) in [7, 11) is -0.689. The first-order valence-corrected chi connectivity index (χ1v) is 11.8. The van der Waals surface area contributed by atoms with Crippen LogP contribution in [0.25, 0.3) is 0 Å². The average Bonchev–Trinajstić information content (AvgIpc) is 2.66. The summed E-state index contributed by atoms with van der Waals surface area (Å²) in [6, 6.07) is 0.380. The van der Waals surface area contributed by atoms with Crippen LogP contribution < -0.4 is 10.6 Å². The minimum absolute atomic E-state index is 0. The molecule has 3 N–H and O–H groups in total. The maximum atomic E-state index is 12.1. The zero-order valence-corrected chi connectivity index (χ0v) is 20.1. The summed E-state index contributed by atoms with van der Waals surface area (Å²) in [6.45, 7) is 8.82. The summed E-state index contributed by atoms with van der Waals surface area (Å²) in [5.74, 6) is 1.66. The lowest BCUT2D eigenvalue weighted by molar-refractivity contribution is 0.0824. The summed E-state index contributed by atoms with van der Waals surface area (Å²) in [4.78, 5) is 7.16. The number of nitrogens with zero attached hydrogens (tertiary/aromatic N) is 2. The third-order valence-electron chi connectivity index (χ3n) is 5.43. The van der Waals surface area contributed by atoms with Crippen LogP contribution in [0.3, 0.4) is 0 Å². The van der Waals surface area contributed by atoms with Crippen molar-refractivity contribution in [2.45, 2.75) is 76.2 Å². The highest BCUT2D eigenvalue weighted by atomic mass is 127. The standard InChI is InChI=1S/C19H38N4O2S.HI/c1-3-20-19(21-11-6-12-23-13-9-17(24)10-14-23)22-16-7-5-8-18(15-16)26(25)4-2;/h16-18,24H,3-15H2,1-2H3,(H2,20,21,22);1H. The van der Waals surface area contributed by atoms with Gasteiger partial charge in [-0.05, 0) is 52.0 Å². The van der Waals surface area contributed by atoms with E-state index in [1.165, 1.54) is 0 Å². The number of nitrogens with one attached hydrogen (secondary N) is 2. The smallest absolute Gasteiger partial charge is 0.191 e. The van der Waals surface area contributed by atoms with Gasteiger partial charge < -0.3 is 20.6 Å². The van der Waals surface area contributed by atoms with Crippen LogP contribution in [0.15, 0.2) is 4.99 Å². The lowest BCUT2D eigenvalue weighted by Crippen LogP contribution is -2.46. The maximum Gasteiger partial charge on any atom is 0.191 e. The Balaban J connectivity index is 0.00000364. The van der Waals surface area contributed by atoms with Gasteiger partial charge in [-0.15, -0.1) is 24.0 Å². The van der Waals surface area contributed by atoms with E-state index in [0.29, 0.717) is 11.3 Å². The van der Waals surface area contributed by atoms with Crippen molar-refractivity contribution in [2.24, 2.45) is 4.99 Å². The van der Waals surface area contributed by atoms with Gasteiger partial charge in [0.2, 0.25) is 0 Å². The highest BCUT2D eigenvalue weighted by Crippen LogP contribution is 2.23. The van der Waals surface area contributed by atoms with Gasteiger partial charge in [-0.25, -0.2) is 0 Å². The summed E-state index contributed by atoms with van der Waals surface area (Å²) in [5.41, 5.74) is 0. The first-order valence-electron chi connectivity index (χ1n) is 10.4. The fraction of sp³-hybridized carbons (Fsp3) is 0.947. The van der Waals surface area contributed by atoms with Crippen molar-refractivity contribution < 1.29 is 9.32 Å². The van der Waals surface area contributed by atoms with Crippen LogP contribution >= 0.6 is 24.0 Å². The molecular weight excluding hydrogens is 475 g/mol. The zero-order valence-electron chi connectivity index (χ0n) is 17.0. The van der Waals surface area contributed by atoms with Crippen molar-refractivity contribution in [1.29, 1.82) is 0 Å². The van der Waals surface area contributed by atoms with Crippen molar-refractivity contribution in [3.63, 3.8) is 0 Å². The Morgan fingerprint density at radius 1 is 1.22 bits per heavy atom. The minimum Gasteiger partial charge on any atom is -0.393 e. The number of aliphatic imine (C=N–C) groups is 1. The Hall–Kier alpha value is 0.0700. The topological polar surface area (TPSA) is 77.0 Å². The van der Waals surface area contributed by atoms with Gasteiger partial charge in [0, 0.05) is 54.0 Å². The second kappa shape index (κ2) is 14.1. The Morgan fingerprint density at radius 2 is 1.96 bits per heavy atom. The van der Waals surface area contributed by atoms with E-state index >= 15 is 0 Å². The molecule has 6 nitrogen and oxygen atoms in total. The van der Waals surface area contributed by atoms with Crippen LogP contribution in [0.5, 0.6) is 0 Å². The molecule has 8 heteroatoms. The number of aliphatic hydroxyl groups excluding tert-OH is 1. The predicted octanol–water partition coefficient (Wildman–Crippen LogP) is 2.09. The number of halogens is 1. The maximum absolute atomic E-state index is 12.1. The van der Waals surface area contributed by atoms with Crippen LogP contribution in [0.2, 0.25) is 0 Å². The highest BCUT2D eigenvalue weighted by molar-refractivity contribution is 14.0. The van der Waals surface area contributed by atoms with Crippen molar-refractivity contribution in [2.75, 3.05) is 38.5 Å². The van der Waals surface area contributed by atoms with Crippen LogP contribution in [0.4, 0.5) is 0 Å². The monoisotopic (exact) mass is 514 g/mol. The van der Waals surface area contributed by atoms with Crippen LogP contribution in [0.1, 0.15) is 58.8 Å². The van der Waals surface area contributed by atoms with E-state index in [0.717, 1.165) is 89.4 Å². The average molecular weight is 515 g/mol. The number of guanidine groups is 1. The third-order valence-corrected chi connectivity index (χ3v) is 7.17. The molecule has 0 aromatic heterocycles. The Kier molecular flexibility index (Phi) is 13.1. The second-order valence-corrected chi connectivity index (χ2v) is 9.49. The summed E-state index contributed by atoms with van der Waals surface area (Å²) >= 11 is 0. The van der Waals surface area contributed by atoms with Gasteiger partial charge in [-0.1, -0.05) is 13.3 Å². The first-order chi connectivity index (χ1) is 12.6. The molecule has 0 amide bonds. The third kappa shape index (κ3) is 9.41. The lowest BCUT2D eigenvalue weighted by Gasteiger charge is -2.30. The number of hydrogen-bond donors (Lipinski definition) is 3. The molecule has 2 rings (SSSR count). The zero-order chi connectivity index (χ0) is 18.8. The lowest BCUT2D eigenvalue weighted by atomic mass is 9.95. The van der Waals surface area contributed by atoms with Gasteiger partial charge in [-0.2, -0.15) is 0 Å². The molecule has 3 unspecified atom stereocenters. The van der Waals surface area contributed by atoms with Crippen LogP contribution in [-0.4, -0.2) is 76.0 Å². The van der Waals surface area contributed by atoms with Crippen molar-refractivity contribution in [3.05, 3.63) is 0 Å². The molecule has 160 valence electrons. The van der Waals surface area contributed by atoms with E-state index in [1.54, 1.807) is 0 Å². The quantitative estimate of drug-likeness (QED) is 0.200. The van der Waals surface area contributed by atoms with Gasteiger partial charge in [0.15, 0.2) is 5.96 Å². The first kappa shape index (κ1) is 25.1. The Labute approximate surface area is 184 Å². The van der Waals surface area contributed by atoms with Gasteiger partial charge in [0.1, 0.15) is 0 Å². The SMILES string of the molecule is CCNC(=NCCCN1CCC(O)CC1)NC1CCCC(S(=O)CC)C1.I. The van der Waals surface area contributed by atoms with E-state index in [9.17, 15) is 9.32 Å². The predicted molar refractivity (Wildman–Crippen MR) is 126 cm³/mol. The summed E-state index contributed by atoms with van der Waals surface area (Å²) in [6.07, 6.45) is 7.10. The van der Waals surface area contributed by atoms with Crippen LogP contribution in [-0.2, 0) is 10.8 Å². The van der Waals surface area contributed by atoms with Gasteiger partial charge in [0.25, 0.3) is 0 Å². The molecule has 0 spiro atoms. The Morgan fingerprint density at radius 3 is 2.63 bits per heavy atom. The molecule has 1 saturated carbocycles. The summed E-state index contributed by atoms with van der Waals surface area (Å²) < 4.78 is 12.1. The molecule has 1 aliphatic carbocycles. The molecule has 1 aliphatic heterocycles. The molecule has 0 aromatic rings. The van der Waals surface area contributed by atoms with E-state index in [-0.39, 0.29) is 30.1 Å². The van der Waals surface area contributed by atoms with Gasteiger partial charge >= 0.3 is 0 Å². The molecule has 0 aromatic carbocycles. The highest BCUT2D eigenvalue weighted by Gasteiger charge is 2.26. The molecule has 2 aliphatic rings.